The van der Waals surface area contributed by atoms with Gasteiger partial charge in [0.2, 0.25) is 0 Å². The molecular weight excluding hydrogens is 266 g/mol. The van der Waals surface area contributed by atoms with Crippen molar-refractivity contribution in [3.63, 3.8) is 0 Å². The molecule has 0 fully saturated rings. The maximum absolute atomic E-state index is 6.06. The third-order valence-corrected chi connectivity index (χ3v) is 3.01. The zero-order valence-corrected chi connectivity index (χ0v) is 11.5. The van der Waals surface area contributed by atoms with Crippen LogP contribution in [-0.2, 0) is 5.88 Å². The first kappa shape index (κ1) is 14.0. The second-order valence-corrected chi connectivity index (χ2v) is 4.68. The highest BCUT2D eigenvalue weighted by Crippen LogP contribution is 2.33. The van der Waals surface area contributed by atoms with Gasteiger partial charge in [0.15, 0.2) is 0 Å². The quantitative estimate of drug-likeness (QED) is 0.508. The zero-order valence-electron chi connectivity index (χ0n) is 9.23. The van der Waals surface area contributed by atoms with Crippen LogP contribution < -0.4 is 4.74 Å². The van der Waals surface area contributed by atoms with Crippen molar-refractivity contribution in [2.24, 2.45) is 0 Å². The van der Waals surface area contributed by atoms with Crippen LogP contribution >= 0.6 is 34.8 Å². The predicted octanol–water partition coefficient (Wildman–Crippen LogP) is 5.30. The molecule has 0 heterocycles. The summed E-state index contributed by atoms with van der Waals surface area (Å²) in [5.74, 6) is 1.01. The van der Waals surface area contributed by atoms with E-state index in [2.05, 4.69) is 6.92 Å². The molecule has 1 nitrogen and oxygen atoms in total. The van der Waals surface area contributed by atoms with Crippen LogP contribution in [0.5, 0.6) is 5.75 Å². The molecule has 0 saturated carbocycles. The Hall–Kier alpha value is -0.110. The summed E-state index contributed by atoms with van der Waals surface area (Å²) in [5, 5.41) is 1.11. The molecule has 16 heavy (non-hydrogen) atoms. The van der Waals surface area contributed by atoms with Crippen molar-refractivity contribution in [2.45, 2.75) is 32.1 Å². The van der Waals surface area contributed by atoms with Crippen molar-refractivity contribution >= 4 is 34.8 Å². The van der Waals surface area contributed by atoms with E-state index in [1.54, 1.807) is 12.1 Å². The standard InChI is InChI=1S/C12H15Cl3O/c1-2-3-4-5-16-12-9(8-13)6-10(14)7-11(12)15/h6-7H,2-5,8H2,1H3. The first-order valence-electron chi connectivity index (χ1n) is 5.35. The molecule has 0 bridgehead atoms. The van der Waals surface area contributed by atoms with Crippen LogP contribution in [0.15, 0.2) is 12.1 Å². The topological polar surface area (TPSA) is 9.23 Å². The average molecular weight is 282 g/mol. The molecule has 0 aromatic heterocycles. The third kappa shape index (κ3) is 4.04. The molecule has 1 rings (SSSR count). The molecule has 90 valence electrons. The van der Waals surface area contributed by atoms with Crippen LogP contribution in [0.3, 0.4) is 0 Å². The fourth-order valence-electron chi connectivity index (χ4n) is 1.40. The van der Waals surface area contributed by atoms with Gasteiger partial charge < -0.3 is 4.74 Å². The van der Waals surface area contributed by atoms with Crippen LogP contribution in [0, 0.1) is 0 Å². The van der Waals surface area contributed by atoms with Gasteiger partial charge in [0, 0.05) is 10.6 Å². The molecule has 0 amide bonds. The highest BCUT2D eigenvalue weighted by atomic mass is 35.5. The van der Waals surface area contributed by atoms with Crippen LogP contribution in [0.25, 0.3) is 0 Å². The van der Waals surface area contributed by atoms with Gasteiger partial charge in [0.25, 0.3) is 0 Å². The molecule has 0 N–H and O–H groups in total. The van der Waals surface area contributed by atoms with Gasteiger partial charge >= 0.3 is 0 Å². The normalized spacial score (nSPS) is 10.5. The largest absolute Gasteiger partial charge is 0.492 e. The van der Waals surface area contributed by atoms with Crippen molar-refractivity contribution < 1.29 is 4.74 Å². The van der Waals surface area contributed by atoms with E-state index in [9.17, 15) is 0 Å². The number of ether oxygens (including phenoxy) is 1. The monoisotopic (exact) mass is 280 g/mol. The molecule has 0 aliphatic rings. The first-order chi connectivity index (χ1) is 7.69. The van der Waals surface area contributed by atoms with E-state index in [1.165, 1.54) is 6.42 Å². The third-order valence-electron chi connectivity index (χ3n) is 2.22. The number of unbranched alkanes of at least 4 members (excludes halogenated alkanes) is 2. The van der Waals surface area contributed by atoms with E-state index in [0.717, 1.165) is 18.4 Å². The van der Waals surface area contributed by atoms with E-state index in [4.69, 9.17) is 39.5 Å². The number of alkyl halides is 1. The molecule has 0 atom stereocenters. The van der Waals surface area contributed by atoms with Crippen molar-refractivity contribution in [3.05, 3.63) is 27.7 Å². The number of halogens is 3. The van der Waals surface area contributed by atoms with Crippen molar-refractivity contribution in [3.8, 4) is 5.75 Å². The Labute approximate surface area is 112 Å². The zero-order chi connectivity index (χ0) is 12.0. The fourth-order valence-corrected chi connectivity index (χ4v) is 2.19. The SMILES string of the molecule is CCCCCOc1c(Cl)cc(Cl)cc1CCl. The summed E-state index contributed by atoms with van der Waals surface area (Å²) in [6, 6.07) is 3.46. The molecule has 4 heteroatoms. The van der Waals surface area contributed by atoms with E-state index in [0.29, 0.717) is 28.3 Å². The summed E-state index contributed by atoms with van der Waals surface area (Å²) in [5.41, 5.74) is 0.843. The lowest BCUT2D eigenvalue weighted by Crippen LogP contribution is -2.00. The average Bonchev–Trinajstić information content (AvgIpc) is 2.26. The second-order valence-electron chi connectivity index (χ2n) is 3.57. The lowest BCUT2D eigenvalue weighted by molar-refractivity contribution is 0.304. The van der Waals surface area contributed by atoms with Gasteiger partial charge in [-0.05, 0) is 18.6 Å². The molecule has 1 aromatic rings. The Balaban J connectivity index is 2.70. The summed E-state index contributed by atoms with van der Waals surface area (Å²) in [6.45, 7) is 2.82. The fraction of sp³-hybridized carbons (Fsp3) is 0.500. The summed E-state index contributed by atoms with van der Waals surface area (Å²) in [6.07, 6.45) is 3.35. The minimum Gasteiger partial charge on any atom is -0.492 e. The van der Waals surface area contributed by atoms with Gasteiger partial charge in [0.1, 0.15) is 5.75 Å². The van der Waals surface area contributed by atoms with Crippen LogP contribution in [0.2, 0.25) is 10.0 Å². The maximum Gasteiger partial charge on any atom is 0.142 e. The van der Waals surface area contributed by atoms with Gasteiger partial charge in [-0.1, -0.05) is 43.0 Å². The van der Waals surface area contributed by atoms with E-state index in [1.807, 2.05) is 0 Å². The van der Waals surface area contributed by atoms with Gasteiger partial charge in [-0.3, -0.25) is 0 Å². The molecule has 0 spiro atoms. The van der Waals surface area contributed by atoms with Gasteiger partial charge in [-0.25, -0.2) is 0 Å². The van der Waals surface area contributed by atoms with Gasteiger partial charge in [-0.2, -0.15) is 0 Å². The van der Waals surface area contributed by atoms with Gasteiger partial charge in [-0.15, -0.1) is 11.6 Å². The molecule has 0 aliphatic carbocycles. The Kier molecular flexibility index (Phi) is 6.33. The van der Waals surface area contributed by atoms with Gasteiger partial charge in [0.05, 0.1) is 17.5 Å². The van der Waals surface area contributed by atoms with E-state index < -0.39 is 0 Å². The van der Waals surface area contributed by atoms with Crippen molar-refractivity contribution in [1.82, 2.24) is 0 Å². The Bertz CT molecular complexity index is 339. The molecule has 0 saturated heterocycles. The Morgan fingerprint density at radius 3 is 2.56 bits per heavy atom. The van der Waals surface area contributed by atoms with E-state index in [-0.39, 0.29) is 0 Å². The second kappa shape index (κ2) is 7.26. The lowest BCUT2D eigenvalue weighted by Gasteiger charge is -2.12. The number of benzene rings is 1. The minimum absolute atomic E-state index is 0.351. The lowest BCUT2D eigenvalue weighted by atomic mass is 10.2. The highest BCUT2D eigenvalue weighted by Gasteiger charge is 2.09. The molecule has 1 aromatic carbocycles. The first-order valence-corrected chi connectivity index (χ1v) is 6.64. The molecule has 0 radical (unpaired) electrons. The smallest absolute Gasteiger partial charge is 0.142 e. The molecular formula is C12H15Cl3O. The Morgan fingerprint density at radius 1 is 1.19 bits per heavy atom. The predicted molar refractivity (Wildman–Crippen MR) is 71.0 cm³/mol. The number of rotatable bonds is 6. The Morgan fingerprint density at radius 2 is 1.94 bits per heavy atom. The minimum atomic E-state index is 0.351. The molecule has 0 unspecified atom stereocenters. The van der Waals surface area contributed by atoms with Crippen LogP contribution in [-0.4, -0.2) is 6.61 Å². The summed E-state index contributed by atoms with van der Waals surface area (Å²) in [7, 11) is 0. The number of hydrogen-bond donors (Lipinski definition) is 0. The maximum atomic E-state index is 6.06. The van der Waals surface area contributed by atoms with Crippen LogP contribution in [0.4, 0.5) is 0 Å². The highest BCUT2D eigenvalue weighted by molar-refractivity contribution is 6.35. The van der Waals surface area contributed by atoms with E-state index >= 15 is 0 Å². The van der Waals surface area contributed by atoms with Crippen molar-refractivity contribution in [1.29, 1.82) is 0 Å². The van der Waals surface area contributed by atoms with Crippen LogP contribution in [0.1, 0.15) is 31.7 Å². The number of hydrogen-bond acceptors (Lipinski definition) is 1. The summed E-state index contributed by atoms with van der Waals surface area (Å²) < 4.78 is 5.64. The van der Waals surface area contributed by atoms with Crippen molar-refractivity contribution in [2.75, 3.05) is 6.61 Å². The summed E-state index contributed by atoms with van der Waals surface area (Å²) >= 11 is 17.8. The molecule has 0 aliphatic heterocycles. The summed E-state index contributed by atoms with van der Waals surface area (Å²) in [4.78, 5) is 0.